The molecule has 106 valence electrons. The Bertz CT molecular complexity index is 288. The molecule has 1 fully saturated rings. The van der Waals surface area contributed by atoms with Crippen LogP contribution in [0.15, 0.2) is 0 Å². The molecule has 4 nitrogen and oxygen atoms in total. The van der Waals surface area contributed by atoms with Crippen LogP contribution in [0.4, 0.5) is 4.79 Å². The minimum Gasteiger partial charge on any atom is -0.444 e. The van der Waals surface area contributed by atoms with Crippen LogP contribution in [0, 0.1) is 5.92 Å². The molecule has 0 aromatic carbocycles. The summed E-state index contributed by atoms with van der Waals surface area (Å²) in [7, 11) is 0. The minimum absolute atomic E-state index is 0.0486. The summed E-state index contributed by atoms with van der Waals surface area (Å²) in [5, 5.41) is 0.733. The lowest BCUT2D eigenvalue weighted by molar-refractivity contribution is -0.0716. The van der Waals surface area contributed by atoms with Gasteiger partial charge in [-0.1, -0.05) is 29.8 Å². The third-order valence-electron chi connectivity index (χ3n) is 2.87. The van der Waals surface area contributed by atoms with Gasteiger partial charge < -0.3 is 14.4 Å². The quantitative estimate of drug-likeness (QED) is 0.734. The van der Waals surface area contributed by atoms with Crippen molar-refractivity contribution in [2.24, 2.45) is 5.92 Å². The van der Waals surface area contributed by atoms with Gasteiger partial charge in [-0.05, 0) is 26.7 Å². The number of hydrogen-bond donors (Lipinski definition) is 0. The molecule has 5 heteroatoms. The Kier molecular flexibility index (Phi) is 5.46. The van der Waals surface area contributed by atoms with Gasteiger partial charge in [0.15, 0.2) is 0 Å². The molecule has 0 N–H and O–H groups in total. The predicted octanol–water partition coefficient (Wildman–Crippen LogP) is 3.04. The maximum Gasteiger partial charge on any atom is 0.410 e. The lowest BCUT2D eigenvalue weighted by atomic mass is 10.0. The van der Waals surface area contributed by atoms with Crippen molar-refractivity contribution in [3.63, 3.8) is 0 Å². The number of alkyl halides is 1. The van der Waals surface area contributed by atoms with Crippen molar-refractivity contribution < 1.29 is 14.3 Å². The standard InChI is InChI=1S/C13H24BrNO3/c1-9(2)11-8-17-10(6-14)7-15(11)12(16)18-13(3,4)5/h9-11H,6-8H2,1-5H3/t10-,11+/m0/s1. The Balaban J connectivity index is 2.74. The molecular formula is C13H24BrNO3. The zero-order valence-electron chi connectivity index (χ0n) is 11.9. The number of hydrogen-bond acceptors (Lipinski definition) is 3. The van der Waals surface area contributed by atoms with E-state index in [-0.39, 0.29) is 18.2 Å². The van der Waals surface area contributed by atoms with Gasteiger partial charge in [0.1, 0.15) is 5.60 Å². The maximum atomic E-state index is 12.2. The molecule has 1 rings (SSSR count). The van der Waals surface area contributed by atoms with Crippen LogP contribution in [0.3, 0.4) is 0 Å². The zero-order chi connectivity index (χ0) is 13.9. The highest BCUT2D eigenvalue weighted by Gasteiger charge is 2.35. The number of ether oxygens (including phenoxy) is 2. The molecule has 1 heterocycles. The van der Waals surface area contributed by atoms with E-state index in [1.165, 1.54) is 0 Å². The average Bonchev–Trinajstić information content (AvgIpc) is 2.25. The molecule has 0 spiro atoms. The van der Waals surface area contributed by atoms with Crippen LogP contribution < -0.4 is 0 Å². The molecule has 0 unspecified atom stereocenters. The Morgan fingerprint density at radius 3 is 2.56 bits per heavy atom. The third-order valence-corrected chi connectivity index (χ3v) is 3.60. The molecule has 0 bridgehead atoms. The first-order valence-corrected chi connectivity index (χ1v) is 7.54. The van der Waals surface area contributed by atoms with Crippen LogP contribution in [-0.2, 0) is 9.47 Å². The summed E-state index contributed by atoms with van der Waals surface area (Å²) in [4.78, 5) is 14.0. The second kappa shape index (κ2) is 6.24. The lowest BCUT2D eigenvalue weighted by Gasteiger charge is -2.41. The lowest BCUT2D eigenvalue weighted by Crippen LogP contribution is -2.55. The molecule has 0 aliphatic carbocycles. The number of morpholine rings is 1. The molecule has 0 saturated carbocycles. The topological polar surface area (TPSA) is 38.8 Å². The zero-order valence-corrected chi connectivity index (χ0v) is 13.5. The second-order valence-electron chi connectivity index (χ2n) is 6.05. The molecule has 1 amide bonds. The van der Waals surface area contributed by atoms with Crippen molar-refractivity contribution in [3.8, 4) is 0 Å². The van der Waals surface area contributed by atoms with Gasteiger partial charge in [0, 0.05) is 5.33 Å². The van der Waals surface area contributed by atoms with Gasteiger partial charge in [0.2, 0.25) is 0 Å². The Morgan fingerprint density at radius 1 is 1.50 bits per heavy atom. The molecule has 0 aromatic rings. The van der Waals surface area contributed by atoms with Crippen molar-refractivity contribution in [3.05, 3.63) is 0 Å². The van der Waals surface area contributed by atoms with Crippen LogP contribution in [0.2, 0.25) is 0 Å². The van der Waals surface area contributed by atoms with E-state index in [0.29, 0.717) is 19.1 Å². The number of halogens is 1. The first-order chi connectivity index (χ1) is 8.24. The van der Waals surface area contributed by atoms with Crippen molar-refractivity contribution in [2.45, 2.75) is 52.4 Å². The van der Waals surface area contributed by atoms with Gasteiger partial charge >= 0.3 is 6.09 Å². The number of carbonyl (C=O) groups is 1. The first-order valence-electron chi connectivity index (χ1n) is 6.41. The smallest absolute Gasteiger partial charge is 0.410 e. The second-order valence-corrected chi connectivity index (χ2v) is 6.70. The van der Waals surface area contributed by atoms with Crippen LogP contribution in [0.1, 0.15) is 34.6 Å². The average molecular weight is 322 g/mol. The van der Waals surface area contributed by atoms with Crippen molar-refractivity contribution in [1.29, 1.82) is 0 Å². The molecule has 0 radical (unpaired) electrons. The van der Waals surface area contributed by atoms with E-state index in [1.54, 1.807) is 0 Å². The summed E-state index contributed by atoms with van der Waals surface area (Å²) in [6.45, 7) is 11.0. The van der Waals surface area contributed by atoms with Crippen LogP contribution in [0.25, 0.3) is 0 Å². The number of rotatable bonds is 2. The van der Waals surface area contributed by atoms with E-state index in [1.807, 2.05) is 25.7 Å². The number of carbonyl (C=O) groups excluding carboxylic acids is 1. The molecular weight excluding hydrogens is 298 g/mol. The van der Waals surface area contributed by atoms with Crippen molar-refractivity contribution >= 4 is 22.0 Å². The highest BCUT2D eigenvalue weighted by Crippen LogP contribution is 2.22. The van der Waals surface area contributed by atoms with Crippen LogP contribution in [-0.4, -0.2) is 47.2 Å². The largest absolute Gasteiger partial charge is 0.444 e. The molecule has 18 heavy (non-hydrogen) atoms. The molecule has 0 aromatic heterocycles. The van der Waals surface area contributed by atoms with E-state index in [4.69, 9.17) is 9.47 Å². The van der Waals surface area contributed by atoms with Gasteiger partial charge in [-0.25, -0.2) is 4.79 Å². The summed E-state index contributed by atoms with van der Waals surface area (Å²) in [5.41, 5.74) is -0.458. The predicted molar refractivity (Wildman–Crippen MR) is 75.1 cm³/mol. The fourth-order valence-electron chi connectivity index (χ4n) is 1.91. The first kappa shape index (κ1) is 15.8. The molecule has 2 atom stereocenters. The van der Waals surface area contributed by atoms with Gasteiger partial charge in [-0.3, -0.25) is 0 Å². The monoisotopic (exact) mass is 321 g/mol. The van der Waals surface area contributed by atoms with Gasteiger partial charge in [-0.2, -0.15) is 0 Å². The SMILES string of the molecule is CC(C)[C@H]1CO[C@@H](CBr)CN1C(=O)OC(C)(C)C. The molecule has 1 aliphatic heterocycles. The fraction of sp³-hybridized carbons (Fsp3) is 0.923. The minimum atomic E-state index is -0.458. The van der Waals surface area contributed by atoms with Gasteiger partial charge in [0.05, 0.1) is 25.3 Å². The summed E-state index contributed by atoms with van der Waals surface area (Å²) in [6.07, 6.45) is -0.192. The Hall–Kier alpha value is -0.290. The Morgan fingerprint density at radius 2 is 2.11 bits per heavy atom. The third kappa shape index (κ3) is 4.43. The summed E-state index contributed by atoms with van der Waals surface area (Å²) < 4.78 is 11.2. The summed E-state index contributed by atoms with van der Waals surface area (Å²) in [5.74, 6) is 0.355. The molecule has 1 saturated heterocycles. The fourth-order valence-corrected chi connectivity index (χ4v) is 2.30. The van der Waals surface area contributed by atoms with Gasteiger partial charge in [0.25, 0.3) is 0 Å². The van der Waals surface area contributed by atoms with E-state index >= 15 is 0 Å². The van der Waals surface area contributed by atoms with E-state index in [9.17, 15) is 4.79 Å². The van der Waals surface area contributed by atoms with Crippen LogP contribution in [0.5, 0.6) is 0 Å². The molecule has 1 aliphatic rings. The van der Waals surface area contributed by atoms with E-state index in [2.05, 4.69) is 29.8 Å². The summed E-state index contributed by atoms with van der Waals surface area (Å²) in [6, 6.07) is 0.0927. The van der Waals surface area contributed by atoms with E-state index < -0.39 is 5.60 Å². The van der Waals surface area contributed by atoms with E-state index in [0.717, 1.165) is 5.33 Å². The van der Waals surface area contributed by atoms with Crippen LogP contribution >= 0.6 is 15.9 Å². The number of nitrogens with zero attached hydrogens (tertiary/aromatic N) is 1. The summed E-state index contributed by atoms with van der Waals surface area (Å²) >= 11 is 3.40. The van der Waals surface area contributed by atoms with Crippen molar-refractivity contribution in [2.75, 3.05) is 18.5 Å². The van der Waals surface area contributed by atoms with Gasteiger partial charge in [-0.15, -0.1) is 0 Å². The highest BCUT2D eigenvalue weighted by molar-refractivity contribution is 9.09. The number of amides is 1. The normalized spacial score (nSPS) is 25.4. The highest BCUT2D eigenvalue weighted by atomic mass is 79.9. The maximum absolute atomic E-state index is 12.2. The Labute approximate surface area is 118 Å². The van der Waals surface area contributed by atoms with Crippen molar-refractivity contribution in [1.82, 2.24) is 4.90 Å².